The van der Waals surface area contributed by atoms with Gasteiger partial charge in [-0.05, 0) is 87.9 Å². The zero-order chi connectivity index (χ0) is 67.1. The van der Waals surface area contributed by atoms with Gasteiger partial charge in [-0.15, -0.1) is 0 Å². The highest BCUT2D eigenvalue weighted by molar-refractivity contribution is 6.35. The molecule has 6 amide bonds. The number of rotatable bonds is 30. The van der Waals surface area contributed by atoms with Crippen molar-refractivity contribution in [2.45, 2.75) is 147 Å². The number of likely N-dealkylation sites (N-methyl/N-ethyl adjacent to an activating group) is 1. The number of carbonyl (C=O) groups excluding carboxylic acids is 7. The van der Waals surface area contributed by atoms with Gasteiger partial charge in [0.05, 0.1) is 90.4 Å². The van der Waals surface area contributed by atoms with Gasteiger partial charge in [0, 0.05) is 83.4 Å². The van der Waals surface area contributed by atoms with Crippen LogP contribution in [-0.4, -0.2) is 188 Å². The first-order valence-electron chi connectivity index (χ1n) is 31.8. The molecular weight excluding hydrogens is 1220 g/mol. The summed E-state index contributed by atoms with van der Waals surface area (Å²) < 4.78 is 51.7. The van der Waals surface area contributed by atoms with Crippen molar-refractivity contribution in [3.05, 3.63) is 112 Å². The zero-order valence-corrected chi connectivity index (χ0v) is 55.5. The minimum Gasteiger partial charge on any atom is -0.495 e. The number of para-hydroxylation sites is 1. The lowest BCUT2D eigenvalue weighted by molar-refractivity contribution is -0.162. The van der Waals surface area contributed by atoms with Crippen molar-refractivity contribution in [1.29, 1.82) is 0 Å². The van der Waals surface area contributed by atoms with Crippen molar-refractivity contribution < 1.29 is 81.3 Å². The minimum absolute atomic E-state index is 0.0448. The summed E-state index contributed by atoms with van der Waals surface area (Å²) in [6.07, 6.45) is 3.56. The van der Waals surface area contributed by atoms with Gasteiger partial charge in [0.2, 0.25) is 29.5 Å². The maximum atomic E-state index is 14.4. The Morgan fingerprint density at radius 2 is 1.48 bits per heavy atom. The van der Waals surface area contributed by atoms with Crippen LogP contribution in [0.5, 0.6) is 5.75 Å². The average molecular weight is 1310 g/mol. The van der Waals surface area contributed by atoms with E-state index in [9.17, 15) is 38.7 Å². The van der Waals surface area contributed by atoms with Crippen molar-refractivity contribution in [3.63, 3.8) is 0 Å². The molecular formula is C69H91ClN6O17. The Kier molecular flexibility index (Phi) is 28.1. The van der Waals surface area contributed by atoms with Crippen LogP contribution in [0.25, 0.3) is 0 Å². The van der Waals surface area contributed by atoms with E-state index >= 15 is 0 Å². The number of alkyl carbamates (subject to hydrolysis) is 1. The maximum absolute atomic E-state index is 14.4. The number of amides is 6. The van der Waals surface area contributed by atoms with Gasteiger partial charge >= 0.3 is 12.1 Å². The SMILES string of the molecule is COc1cc2cc(c1Cl)N(C)C(=O)C[C@H](OC(=O)[C@H](C)N(C)C(=O)CCCC(=O)NCCOCCOCCOCCOCCC(=O)NCCCCCC(=O)N1Cc3ccccc3C#Cc3ccccc31)[C@]1(C)O[C@H]1[C@H](C)[C@@H]1C[C@@](O)(NC(=O)O1)[C@H](OC)/C=C\C=C(\C)C2. The van der Waals surface area contributed by atoms with Crippen molar-refractivity contribution >= 4 is 64.6 Å². The Morgan fingerprint density at radius 1 is 0.828 bits per heavy atom. The number of fused-ring (bicyclic) bond motifs is 7. The van der Waals surface area contributed by atoms with Crippen LogP contribution >= 0.6 is 11.6 Å². The number of allylic oxidation sites excluding steroid dienone is 3. The lowest BCUT2D eigenvalue weighted by Gasteiger charge is -2.42. The van der Waals surface area contributed by atoms with Crippen LogP contribution in [0.4, 0.5) is 16.2 Å². The van der Waals surface area contributed by atoms with Crippen LogP contribution in [0, 0.1) is 17.8 Å². The third-order valence-corrected chi connectivity index (χ3v) is 17.4. The Bertz CT molecular complexity index is 3210. The molecule has 3 aromatic rings. The third-order valence-electron chi connectivity index (χ3n) is 17.0. The average Bonchev–Trinajstić information content (AvgIpc) is 1.58. The smallest absolute Gasteiger partial charge is 0.409 e. The number of halogens is 1. The van der Waals surface area contributed by atoms with Crippen molar-refractivity contribution in [1.82, 2.24) is 20.9 Å². The molecule has 0 spiro atoms. The van der Waals surface area contributed by atoms with E-state index < -0.39 is 71.6 Å². The number of hydrogen-bond acceptors (Lipinski definition) is 17. The number of ether oxygens (including phenoxy) is 9. The molecule has 4 heterocycles. The quantitative estimate of drug-likeness (QED) is 0.0229. The molecule has 0 saturated carbocycles. The van der Waals surface area contributed by atoms with E-state index in [1.165, 1.54) is 38.0 Å². The normalized spacial score (nSPS) is 23.0. The second-order valence-corrected chi connectivity index (χ2v) is 24.2. The van der Waals surface area contributed by atoms with Gasteiger partial charge in [-0.25, -0.2) is 9.59 Å². The van der Waals surface area contributed by atoms with E-state index in [-0.39, 0.29) is 81.0 Å². The van der Waals surface area contributed by atoms with Crippen LogP contribution in [0.2, 0.25) is 5.02 Å². The fourth-order valence-corrected chi connectivity index (χ4v) is 11.6. The number of methoxy groups -OCH3 is 2. The molecule has 23 nitrogen and oxygen atoms in total. The van der Waals surface area contributed by atoms with Gasteiger partial charge in [-0.2, -0.15) is 0 Å². The van der Waals surface area contributed by atoms with Crippen LogP contribution in [0.1, 0.15) is 114 Å². The Labute approximate surface area is 550 Å². The highest BCUT2D eigenvalue weighted by atomic mass is 35.5. The predicted octanol–water partition coefficient (Wildman–Crippen LogP) is 6.88. The summed E-state index contributed by atoms with van der Waals surface area (Å²) in [7, 11) is 5.89. The number of unbranched alkanes of at least 4 members (excludes halogenated alkanes) is 2. The second-order valence-electron chi connectivity index (χ2n) is 23.9. The summed E-state index contributed by atoms with van der Waals surface area (Å²) in [4.78, 5) is 97.8. The number of epoxide rings is 1. The van der Waals surface area contributed by atoms with Crippen molar-refractivity contribution in [2.75, 3.05) is 104 Å². The molecule has 4 N–H and O–H groups in total. The van der Waals surface area contributed by atoms with Crippen LogP contribution in [-0.2, 0) is 79.6 Å². The fourth-order valence-electron chi connectivity index (χ4n) is 11.3. The summed E-state index contributed by atoms with van der Waals surface area (Å²) in [5.41, 5.74) is 2.44. The first-order chi connectivity index (χ1) is 44.7. The van der Waals surface area contributed by atoms with E-state index in [1.807, 2.05) is 66.4 Å². The van der Waals surface area contributed by atoms with Crippen molar-refractivity contribution in [3.8, 4) is 17.6 Å². The maximum Gasteiger partial charge on any atom is 0.409 e. The molecule has 8 atom stereocenters. The Morgan fingerprint density at radius 3 is 2.20 bits per heavy atom. The van der Waals surface area contributed by atoms with Gasteiger partial charge in [0.1, 0.15) is 40.7 Å². The van der Waals surface area contributed by atoms with Gasteiger partial charge in [-0.3, -0.25) is 29.3 Å². The number of nitrogens with zero attached hydrogens (tertiary/aromatic N) is 3. The van der Waals surface area contributed by atoms with Crippen molar-refractivity contribution in [2.24, 2.45) is 5.92 Å². The van der Waals surface area contributed by atoms with Gasteiger partial charge in [-0.1, -0.05) is 90.9 Å². The number of anilines is 2. The molecule has 2 fully saturated rings. The lowest BCUT2D eigenvalue weighted by atomic mass is 9.83. The molecule has 4 aliphatic heterocycles. The standard InChI is InChI=1S/C69H91ClN6O17/c1-46-18-16-23-57(86-8)69(84)44-56(91-67(83)73-69)47(2)65-68(4,93-65)58(43-63(81)75(6)54-41-49(40-46)42-55(85-7)64(54)70)92-66(82)48(3)74(5)61(79)26-17-24-59(77)72-31-33-88-35-37-90-39-38-89-36-34-87-32-29-60(78)71-30-15-9-10-25-62(80)76-45-52-21-12-11-19-50(52)27-28-51-20-13-14-22-53(51)76/h11-14,16,18-23,41-42,47-48,56-58,65,84H,9-10,15,17,24-26,29-40,43-45H2,1-8H3,(H,71,78)(H,72,77)(H,73,83)/b23-16-,46-18-/t47-,48+,56+,57-,58+,65+,68+,69+/m1/s1. The number of nitrogens with one attached hydrogen (secondary N) is 3. The van der Waals surface area contributed by atoms with Gasteiger partial charge in [0.25, 0.3) is 0 Å². The molecule has 0 aromatic heterocycles. The first-order valence-corrected chi connectivity index (χ1v) is 32.2. The molecule has 0 radical (unpaired) electrons. The lowest BCUT2D eigenvalue weighted by Crippen LogP contribution is -2.63. The Balaban J connectivity index is 0.733. The first kappa shape index (κ1) is 73.0. The van der Waals surface area contributed by atoms with E-state index in [0.29, 0.717) is 83.4 Å². The number of esters is 1. The molecule has 3 aromatic carbocycles. The highest BCUT2D eigenvalue weighted by Crippen LogP contribution is 2.49. The monoisotopic (exact) mass is 1310 g/mol. The molecule has 506 valence electrons. The molecule has 4 aliphatic rings. The summed E-state index contributed by atoms with van der Waals surface area (Å²) >= 11 is 6.83. The molecule has 0 unspecified atom stereocenters. The summed E-state index contributed by atoms with van der Waals surface area (Å²) in [6, 6.07) is 18.1. The fraction of sp³-hybridized carbons (Fsp3) is 0.551. The summed E-state index contributed by atoms with van der Waals surface area (Å²) in [5.74, 6) is 4.18. The van der Waals surface area contributed by atoms with Gasteiger partial charge in [0.15, 0.2) is 5.72 Å². The predicted molar refractivity (Wildman–Crippen MR) is 347 cm³/mol. The zero-order valence-electron chi connectivity index (χ0n) is 54.7. The summed E-state index contributed by atoms with van der Waals surface area (Å²) in [6.45, 7) is 10.6. The molecule has 4 bridgehead atoms. The molecule has 7 rings (SSSR count). The van der Waals surface area contributed by atoms with Crippen LogP contribution < -0.4 is 30.5 Å². The second kappa shape index (κ2) is 35.8. The molecule has 2 saturated heterocycles. The van der Waals surface area contributed by atoms with E-state index in [4.69, 9.17) is 54.2 Å². The molecule has 93 heavy (non-hydrogen) atoms. The van der Waals surface area contributed by atoms with Crippen LogP contribution in [0.15, 0.2) is 84.5 Å². The number of aliphatic hydroxyl groups is 1. The largest absolute Gasteiger partial charge is 0.495 e. The Hall–Kier alpha value is -7.40. The highest BCUT2D eigenvalue weighted by Gasteiger charge is 2.64. The number of hydrogen-bond donors (Lipinski definition) is 4. The van der Waals surface area contributed by atoms with E-state index in [1.54, 1.807) is 45.2 Å². The van der Waals surface area contributed by atoms with E-state index in [2.05, 4.69) is 27.8 Å². The molecule has 0 aliphatic carbocycles. The third kappa shape index (κ3) is 21.0. The minimum atomic E-state index is -1.88. The number of carbonyl (C=O) groups is 7. The van der Waals surface area contributed by atoms with Gasteiger partial charge < -0.3 is 73.1 Å². The topological polar surface area (TPSA) is 272 Å². The molecule has 24 heteroatoms. The van der Waals surface area contributed by atoms with Crippen LogP contribution in [0.3, 0.4) is 0 Å². The van der Waals surface area contributed by atoms with E-state index in [0.717, 1.165) is 46.4 Å². The number of benzene rings is 3. The summed E-state index contributed by atoms with van der Waals surface area (Å²) in [5, 5.41) is 20.3.